The number of rotatable bonds is 5. The van der Waals surface area contributed by atoms with Crippen LogP contribution in [-0.2, 0) is 12.8 Å². The Labute approximate surface area is 149 Å². The van der Waals surface area contributed by atoms with Crippen LogP contribution in [0.2, 0.25) is 0 Å². The number of hydrogen-bond donors (Lipinski definition) is 3. The molecule has 0 aromatic carbocycles. The van der Waals surface area contributed by atoms with Crippen molar-refractivity contribution in [3.63, 3.8) is 0 Å². The number of aryl methyl sites for hydroxylation is 1. The first-order valence-electron chi connectivity index (χ1n) is 8.15. The van der Waals surface area contributed by atoms with Crippen LogP contribution in [0.3, 0.4) is 0 Å². The van der Waals surface area contributed by atoms with Crippen molar-refractivity contribution in [1.82, 2.24) is 5.32 Å². The largest absolute Gasteiger partial charge is 0.455 e. The molecule has 5 N–H and O–H groups in total. The van der Waals surface area contributed by atoms with Gasteiger partial charge in [-0.25, -0.2) is 0 Å². The minimum Gasteiger partial charge on any atom is -0.455 e. The van der Waals surface area contributed by atoms with Crippen LogP contribution in [-0.4, -0.2) is 24.1 Å². The number of nitrogens with two attached hydrogens (primary N) is 2. The summed E-state index contributed by atoms with van der Waals surface area (Å²) in [6.45, 7) is 2.44. The van der Waals surface area contributed by atoms with Gasteiger partial charge >= 0.3 is 0 Å². The fourth-order valence-electron chi connectivity index (χ4n) is 2.94. The number of nitrogens with zero attached hydrogens (tertiary/aromatic N) is 2. The number of furan rings is 1. The van der Waals surface area contributed by atoms with Gasteiger partial charge in [0.1, 0.15) is 5.76 Å². The van der Waals surface area contributed by atoms with E-state index in [2.05, 4.69) is 21.6 Å². The third kappa shape index (κ3) is 3.90. The van der Waals surface area contributed by atoms with Crippen LogP contribution in [0.4, 0.5) is 0 Å². The molecular weight excluding hydrogens is 338 g/mol. The lowest BCUT2D eigenvalue weighted by Gasteiger charge is -2.11. The average Bonchev–Trinajstić information content (AvgIpc) is 3.21. The topological polar surface area (TPSA) is 119 Å². The number of fused-ring (bicyclic) bond motifs is 1. The van der Waals surface area contributed by atoms with Crippen molar-refractivity contribution in [2.24, 2.45) is 21.7 Å². The van der Waals surface area contributed by atoms with Crippen LogP contribution in [0.1, 0.15) is 45.2 Å². The first kappa shape index (κ1) is 17.2. The fourth-order valence-corrected chi connectivity index (χ4v) is 3.65. The van der Waals surface area contributed by atoms with Crippen molar-refractivity contribution in [2.45, 2.75) is 32.6 Å². The van der Waals surface area contributed by atoms with Gasteiger partial charge in [-0.05, 0) is 37.6 Å². The second kappa shape index (κ2) is 7.52. The molecule has 0 aliphatic heterocycles. The highest BCUT2D eigenvalue weighted by Gasteiger charge is 2.27. The Balaban J connectivity index is 1.76. The predicted molar refractivity (Wildman–Crippen MR) is 99.1 cm³/mol. The second-order valence-corrected chi connectivity index (χ2v) is 6.90. The molecule has 0 fully saturated rings. The Morgan fingerprint density at radius 3 is 2.96 bits per heavy atom. The molecule has 1 amide bonds. The lowest BCUT2D eigenvalue weighted by atomic mass is 9.93. The molecule has 0 saturated heterocycles. The molecular formula is C17H21N5O2S. The highest BCUT2D eigenvalue weighted by molar-refractivity contribution is 7.09. The van der Waals surface area contributed by atoms with E-state index in [0.717, 1.165) is 48.3 Å². The van der Waals surface area contributed by atoms with Crippen molar-refractivity contribution in [3.8, 4) is 0 Å². The second-order valence-electron chi connectivity index (χ2n) is 5.86. The summed E-state index contributed by atoms with van der Waals surface area (Å²) in [6, 6.07) is 4.06. The van der Waals surface area contributed by atoms with Gasteiger partial charge in [0.15, 0.2) is 5.76 Å². The standard InChI is InChI=1S/C17H21N5O2S/c1-10-14-12(21-22-17(18)19)5-2-6-13(14)24-15(10)16(23)20-8-7-11-4-3-9-25-11/h3-4,9H,2,5-8H2,1H3,(H,20,23)(H4,18,19,22)/b21-12+. The number of amides is 1. The van der Waals surface area contributed by atoms with Gasteiger partial charge in [0, 0.05) is 29.0 Å². The molecule has 7 nitrogen and oxygen atoms in total. The summed E-state index contributed by atoms with van der Waals surface area (Å²) < 4.78 is 5.82. The molecule has 0 bridgehead atoms. The maximum atomic E-state index is 12.5. The van der Waals surface area contributed by atoms with Gasteiger partial charge in [0.05, 0.1) is 5.71 Å². The lowest BCUT2D eigenvalue weighted by Crippen LogP contribution is -2.25. The molecule has 2 heterocycles. The molecule has 0 radical (unpaired) electrons. The number of carbonyl (C=O) groups is 1. The number of carbonyl (C=O) groups excluding carboxylic acids is 1. The van der Waals surface area contributed by atoms with E-state index in [4.69, 9.17) is 15.9 Å². The average molecular weight is 359 g/mol. The van der Waals surface area contributed by atoms with Gasteiger partial charge in [-0.2, -0.15) is 5.10 Å². The number of thiophene rings is 1. The maximum Gasteiger partial charge on any atom is 0.287 e. The molecule has 1 aliphatic carbocycles. The van der Waals surface area contributed by atoms with Crippen LogP contribution in [0.25, 0.3) is 0 Å². The molecule has 8 heteroatoms. The van der Waals surface area contributed by atoms with Crippen molar-refractivity contribution in [3.05, 3.63) is 45.0 Å². The SMILES string of the molecule is Cc1c(C(=O)NCCc2cccs2)oc2c1/C(=N/N=C(N)N)CCC2. The highest BCUT2D eigenvalue weighted by atomic mass is 32.1. The van der Waals surface area contributed by atoms with Gasteiger partial charge in [-0.3, -0.25) is 4.79 Å². The van der Waals surface area contributed by atoms with E-state index in [1.165, 1.54) is 4.88 Å². The van der Waals surface area contributed by atoms with Gasteiger partial charge < -0.3 is 21.2 Å². The molecule has 2 aromatic heterocycles. The summed E-state index contributed by atoms with van der Waals surface area (Å²) in [5.41, 5.74) is 13.1. The van der Waals surface area contributed by atoms with E-state index < -0.39 is 0 Å². The predicted octanol–water partition coefficient (Wildman–Crippen LogP) is 1.94. The Morgan fingerprint density at radius 1 is 1.40 bits per heavy atom. The minimum absolute atomic E-state index is 0.0904. The lowest BCUT2D eigenvalue weighted by molar-refractivity contribution is 0.0924. The van der Waals surface area contributed by atoms with Crippen LogP contribution < -0.4 is 16.8 Å². The van der Waals surface area contributed by atoms with Crippen molar-refractivity contribution in [1.29, 1.82) is 0 Å². The van der Waals surface area contributed by atoms with E-state index in [0.29, 0.717) is 12.3 Å². The molecule has 25 heavy (non-hydrogen) atoms. The van der Waals surface area contributed by atoms with E-state index in [9.17, 15) is 4.79 Å². The van der Waals surface area contributed by atoms with Crippen molar-refractivity contribution < 1.29 is 9.21 Å². The molecule has 0 atom stereocenters. The first-order valence-corrected chi connectivity index (χ1v) is 9.03. The Bertz CT molecular complexity index is 816. The molecule has 1 aliphatic rings. The summed E-state index contributed by atoms with van der Waals surface area (Å²) in [5.74, 6) is 0.823. The van der Waals surface area contributed by atoms with E-state index in [1.54, 1.807) is 11.3 Å². The zero-order valence-corrected chi connectivity index (χ0v) is 14.9. The van der Waals surface area contributed by atoms with Crippen LogP contribution >= 0.6 is 11.3 Å². The molecule has 0 unspecified atom stereocenters. The molecule has 2 aromatic rings. The van der Waals surface area contributed by atoms with E-state index in [1.807, 2.05) is 18.4 Å². The van der Waals surface area contributed by atoms with Gasteiger partial charge in [0.25, 0.3) is 5.91 Å². The zero-order chi connectivity index (χ0) is 17.8. The third-order valence-corrected chi connectivity index (χ3v) is 4.99. The maximum absolute atomic E-state index is 12.5. The quantitative estimate of drug-likeness (QED) is 0.429. The van der Waals surface area contributed by atoms with Crippen LogP contribution in [0.5, 0.6) is 0 Å². The Kier molecular flexibility index (Phi) is 5.18. The number of hydrogen-bond acceptors (Lipinski definition) is 5. The summed E-state index contributed by atoms with van der Waals surface area (Å²) in [5, 5.41) is 12.8. The van der Waals surface area contributed by atoms with Gasteiger partial charge in [-0.1, -0.05) is 6.07 Å². The Hall–Kier alpha value is -2.61. The number of nitrogens with one attached hydrogen (secondary N) is 1. The first-order chi connectivity index (χ1) is 12.1. The van der Waals surface area contributed by atoms with E-state index in [-0.39, 0.29) is 11.9 Å². The van der Waals surface area contributed by atoms with Gasteiger partial charge in [0.2, 0.25) is 5.96 Å². The highest BCUT2D eigenvalue weighted by Crippen LogP contribution is 2.30. The molecule has 132 valence electrons. The molecule has 3 rings (SSSR count). The summed E-state index contributed by atoms with van der Waals surface area (Å²) in [7, 11) is 0. The smallest absolute Gasteiger partial charge is 0.287 e. The third-order valence-electron chi connectivity index (χ3n) is 4.06. The normalized spacial score (nSPS) is 15.0. The molecule has 0 spiro atoms. The monoisotopic (exact) mass is 359 g/mol. The van der Waals surface area contributed by atoms with E-state index >= 15 is 0 Å². The fraction of sp³-hybridized carbons (Fsp3) is 0.353. The summed E-state index contributed by atoms with van der Waals surface area (Å²) >= 11 is 1.68. The van der Waals surface area contributed by atoms with Crippen molar-refractivity contribution in [2.75, 3.05) is 6.54 Å². The van der Waals surface area contributed by atoms with Crippen LogP contribution in [0, 0.1) is 6.92 Å². The van der Waals surface area contributed by atoms with Crippen molar-refractivity contribution >= 4 is 28.9 Å². The molecule has 0 saturated carbocycles. The van der Waals surface area contributed by atoms with Crippen LogP contribution in [0.15, 0.2) is 32.1 Å². The Morgan fingerprint density at radius 2 is 2.24 bits per heavy atom. The zero-order valence-electron chi connectivity index (χ0n) is 14.0. The summed E-state index contributed by atoms with van der Waals surface area (Å²) in [4.78, 5) is 13.7. The number of guanidine groups is 1. The van der Waals surface area contributed by atoms with Gasteiger partial charge in [-0.15, -0.1) is 16.4 Å². The summed E-state index contributed by atoms with van der Waals surface area (Å²) in [6.07, 6.45) is 3.22. The minimum atomic E-state index is -0.204.